The smallest absolute Gasteiger partial charge is 0.397 e. The van der Waals surface area contributed by atoms with E-state index in [1.807, 2.05) is 12.1 Å². The first-order valence-electron chi connectivity index (χ1n) is 13.1. The highest BCUT2D eigenvalue weighted by molar-refractivity contribution is 8.06. The zero-order valence-corrected chi connectivity index (χ0v) is 24.1. The van der Waals surface area contributed by atoms with Crippen molar-refractivity contribution >= 4 is 58.2 Å². The van der Waals surface area contributed by atoms with Crippen LogP contribution in [0.1, 0.15) is 23.7 Å². The first-order chi connectivity index (χ1) is 21.1. The molecule has 0 radical (unpaired) electrons. The van der Waals surface area contributed by atoms with Crippen molar-refractivity contribution in [1.29, 1.82) is 0 Å². The fraction of sp³-hybridized carbons (Fsp3) is 0.214. The molecule has 0 bridgehead atoms. The number of nitrogens with zero attached hydrogens (tertiary/aromatic N) is 4. The Bertz CT molecular complexity index is 1730. The number of aromatic amines is 1. The number of fused-ring (bicyclic) bond motifs is 2. The van der Waals surface area contributed by atoms with Crippen LogP contribution in [0.25, 0.3) is 11.0 Å². The lowest BCUT2D eigenvalue weighted by Crippen LogP contribution is -2.70. The maximum Gasteiger partial charge on any atom is 0.397 e. The third-order valence-electron chi connectivity index (χ3n) is 6.77. The minimum atomic E-state index is -4.74. The first-order valence-corrected chi connectivity index (χ1v) is 14.9. The standard InChI is InChI=1S/C28H22F3N7O4S2/c29-28(30,31)11-18(39)34-19-24(40)38-20(26(41)42-21(14-7-3-1-4-8-14)15-9-5-2-6-10-15)17(13-43-25(19)38)44-27-35-22(32)16-12-33-37-23(16)36-27/h1-10,12,19,21,25H,11,13H2,(H,34,39)(H3,32,33,35,36,37)/t19?,25-/m1/s1. The Morgan fingerprint density at radius 3 is 2.41 bits per heavy atom. The van der Waals surface area contributed by atoms with E-state index in [1.165, 1.54) is 18.0 Å². The van der Waals surface area contributed by atoms with Crippen molar-refractivity contribution < 1.29 is 32.3 Å². The van der Waals surface area contributed by atoms with Gasteiger partial charge in [-0.1, -0.05) is 72.4 Å². The Hall–Kier alpha value is -4.57. The van der Waals surface area contributed by atoms with Gasteiger partial charge in [0.2, 0.25) is 5.91 Å². The van der Waals surface area contributed by atoms with Crippen LogP contribution >= 0.6 is 23.5 Å². The van der Waals surface area contributed by atoms with Crippen LogP contribution in [0.3, 0.4) is 0 Å². The molecule has 0 aliphatic carbocycles. The maximum atomic E-state index is 14.0. The number of halogens is 3. The van der Waals surface area contributed by atoms with Gasteiger partial charge in [-0.2, -0.15) is 18.3 Å². The molecule has 2 aliphatic heterocycles. The summed E-state index contributed by atoms with van der Waals surface area (Å²) >= 11 is 2.16. The quantitative estimate of drug-likeness (QED) is 0.146. The largest absolute Gasteiger partial charge is 0.448 e. The van der Waals surface area contributed by atoms with E-state index in [4.69, 9.17) is 10.5 Å². The van der Waals surface area contributed by atoms with Crippen molar-refractivity contribution in [3.05, 3.63) is 88.6 Å². The summed E-state index contributed by atoms with van der Waals surface area (Å²) in [5, 5.41) is 8.63. The van der Waals surface area contributed by atoms with Crippen LogP contribution < -0.4 is 11.1 Å². The summed E-state index contributed by atoms with van der Waals surface area (Å²) in [6.07, 6.45) is -5.84. The molecular weight excluding hydrogens is 619 g/mol. The van der Waals surface area contributed by atoms with Gasteiger partial charge in [-0.3, -0.25) is 19.6 Å². The Kier molecular flexibility index (Phi) is 7.94. The number of hydrogen-bond donors (Lipinski definition) is 3. The second kappa shape index (κ2) is 11.8. The molecule has 4 aromatic rings. The average molecular weight is 642 g/mol. The predicted octanol–water partition coefficient (Wildman–Crippen LogP) is 3.92. The van der Waals surface area contributed by atoms with Crippen molar-refractivity contribution in [2.45, 2.75) is 35.3 Å². The predicted molar refractivity (Wildman–Crippen MR) is 155 cm³/mol. The molecule has 2 aliphatic rings. The van der Waals surface area contributed by atoms with Crippen LogP contribution in [-0.4, -0.2) is 66.2 Å². The molecule has 6 rings (SSSR count). The molecule has 4 N–H and O–H groups in total. The third-order valence-corrected chi connectivity index (χ3v) is 9.18. The van der Waals surface area contributed by atoms with Gasteiger partial charge in [-0.05, 0) is 11.1 Å². The van der Waals surface area contributed by atoms with Crippen molar-refractivity contribution in [2.24, 2.45) is 0 Å². The summed E-state index contributed by atoms with van der Waals surface area (Å²) in [4.78, 5) is 49.6. The molecule has 0 spiro atoms. The summed E-state index contributed by atoms with van der Waals surface area (Å²) in [5.74, 6) is -2.64. The number of nitrogens with two attached hydrogens (primary N) is 1. The lowest BCUT2D eigenvalue weighted by molar-refractivity contribution is -0.160. The topological polar surface area (TPSA) is 156 Å². The molecule has 44 heavy (non-hydrogen) atoms. The van der Waals surface area contributed by atoms with Gasteiger partial charge in [-0.25, -0.2) is 14.8 Å². The van der Waals surface area contributed by atoms with E-state index < -0.39 is 47.9 Å². The summed E-state index contributed by atoms with van der Waals surface area (Å²) < 4.78 is 44.4. The number of amides is 2. The highest BCUT2D eigenvalue weighted by Gasteiger charge is 2.55. The molecule has 1 fully saturated rings. The molecule has 2 atom stereocenters. The minimum Gasteiger partial charge on any atom is -0.448 e. The SMILES string of the molecule is Nc1nc(SC2=C(C(=O)OC(c3ccccc3)c3ccccc3)N3C(=O)C(NC(=O)CC(F)(F)F)[C@H]3SC2)nc2[nH]ncc12. The van der Waals surface area contributed by atoms with E-state index in [0.29, 0.717) is 27.1 Å². The van der Waals surface area contributed by atoms with Crippen molar-refractivity contribution in [3.63, 3.8) is 0 Å². The first kappa shape index (κ1) is 29.5. The molecule has 11 nitrogen and oxygen atoms in total. The van der Waals surface area contributed by atoms with Gasteiger partial charge in [-0.15, -0.1) is 11.8 Å². The number of nitrogen functional groups attached to an aromatic ring is 1. The molecule has 226 valence electrons. The van der Waals surface area contributed by atoms with Crippen LogP contribution in [0.2, 0.25) is 0 Å². The number of carbonyl (C=O) groups is 3. The highest BCUT2D eigenvalue weighted by Crippen LogP contribution is 2.46. The van der Waals surface area contributed by atoms with E-state index in [-0.39, 0.29) is 22.4 Å². The van der Waals surface area contributed by atoms with E-state index in [9.17, 15) is 27.6 Å². The fourth-order valence-electron chi connectivity index (χ4n) is 4.80. The molecule has 2 aromatic carbocycles. The number of thioether (sulfide) groups is 2. The lowest BCUT2D eigenvalue weighted by Gasteiger charge is -2.49. The molecule has 1 saturated heterocycles. The van der Waals surface area contributed by atoms with Gasteiger partial charge in [0.15, 0.2) is 16.9 Å². The summed E-state index contributed by atoms with van der Waals surface area (Å²) in [5.41, 5.74) is 7.67. The number of ether oxygens (including phenoxy) is 1. The Balaban J connectivity index is 1.35. The van der Waals surface area contributed by atoms with Gasteiger partial charge in [0, 0.05) is 10.7 Å². The molecule has 4 heterocycles. The Morgan fingerprint density at radius 2 is 1.77 bits per heavy atom. The number of aromatic nitrogens is 4. The zero-order valence-electron chi connectivity index (χ0n) is 22.4. The Labute approximate surface area is 255 Å². The van der Waals surface area contributed by atoms with Gasteiger partial charge in [0.25, 0.3) is 5.91 Å². The van der Waals surface area contributed by atoms with Gasteiger partial charge in [0.1, 0.15) is 29.4 Å². The maximum absolute atomic E-state index is 14.0. The van der Waals surface area contributed by atoms with Crippen molar-refractivity contribution in [1.82, 2.24) is 30.4 Å². The summed E-state index contributed by atoms with van der Waals surface area (Å²) in [7, 11) is 0. The van der Waals surface area contributed by atoms with E-state index in [0.717, 1.165) is 16.7 Å². The average Bonchev–Trinajstić information content (AvgIpc) is 3.48. The van der Waals surface area contributed by atoms with Crippen molar-refractivity contribution in [3.8, 4) is 0 Å². The molecule has 1 unspecified atom stereocenters. The van der Waals surface area contributed by atoms with Crippen LogP contribution in [-0.2, 0) is 19.1 Å². The number of anilines is 1. The van der Waals surface area contributed by atoms with E-state index >= 15 is 0 Å². The number of esters is 1. The second-order valence-corrected chi connectivity index (χ2v) is 11.9. The molecule has 16 heteroatoms. The number of hydrogen-bond acceptors (Lipinski definition) is 10. The van der Waals surface area contributed by atoms with Crippen LogP contribution in [0, 0.1) is 0 Å². The number of rotatable bonds is 8. The summed E-state index contributed by atoms with van der Waals surface area (Å²) in [6, 6.07) is 16.8. The van der Waals surface area contributed by atoms with Crippen molar-refractivity contribution in [2.75, 3.05) is 11.5 Å². The van der Waals surface area contributed by atoms with Gasteiger partial charge >= 0.3 is 12.1 Å². The van der Waals surface area contributed by atoms with Crippen LogP contribution in [0.5, 0.6) is 0 Å². The number of nitrogens with one attached hydrogen (secondary N) is 2. The fourth-order valence-corrected chi connectivity index (χ4v) is 7.22. The molecule has 0 saturated carbocycles. The molecule has 2 amide bonds. The monoisotopic (exact) mass is 641 g/mol. The third kappa shape index (κ3) is 5.94. The lowest BCUT2D eigenvalue weighted by atomic mass is 10.0. The minimum absolute atomic E-state index is 0.117. The highest BCUT2D eigenvalue weighted by atomic mass is 32.2. The van der Waals surface area contributed by atoms with Gasteiger partial charge in [0.05, 0.1) is 11.6 Å². The van der Waals surface area contributed by atoms with Gasteiger partial charge < -0.3 is 15.8 Å². The van der Waals surface area contributed by atoms with Crippen LogP contribution in [0.4, 0.5) is 19.0 Å². The van der Waals surface area contributed by atoms with E-state index in [1.54, 1.807) is 48.5 Å². The molecular formula is C28H22F3N7O4S2. The zero-order chi connectivity index (χ0) is 31.0. The van der Waals surface area contributed by atoms with E-state index in [2.05, 4.69) is 25.5 Å². The number of benzene rings is 2. The normalized spacial score (nSPS) is 18.3. The number of alkyl halides is 3. The van der Waals surface area contributed by atoms with Crippen LogP contribution in [0.15, 0.2) is 82.6 Å². The number of H-pyrrole nitrogens is 1. The number of carbonyl (C=O) groups excluding carboxylic acids is 3. The number of β-lactam (4-membered cyclic amide) rings is 1. The Morgan fingerprint density at radius 1 is 1.11 bits per heavy atom. The second-order valence-electron chi connectivity index (χ2n) is 9.75. The summed E-state index contributed by atoms with van der Waals surface area (Å²) in [6.45, 7) is 0. The molecule has 2 aromatic heterocycles.